The van der Waals surface area contributed by atoms with Gasteiger partial charge in [0.25, 0.3) is 0 Å². The summed E-state index contributed by atoms with van der Waals surface area (Å²) in [6.45, 7) is 1.93. The maximum atomic E-state index is 10.2. The monoisotopic (exact) mass is 448 g/mol. The first-order valence-electron chi connectivity index (χ1n) is 12.4. The van der Waals surface area contributed by atoms with Gasteiger partial charge in [-0.3, -0.25) is 0 Å². The Hall–Kier alpha value is -3.31. The third-order valence-electron chi connectivity index (χ3n) is 7.71. The minimum Gasteiger partial charge on any atom is -0.390 e. The summed E-state index contributed by atoms with van der Waals surface area (Å²) in [6.07, 6.45) is 13.9. The molecule has 4 aromatic rings. The van der Waals surface area contributed by atoms with E-state index in [-0.39, 0.29) is 5.92 Å². The molecule has 0 saturated heterocycles. The lowest BCUT2D eigenvalue weighted by Gasteiger charge is -2.42. The van der Waals surface area contributed by atoms with Crippen molar-refractivity contribution >= 4 is 16.7 Å². The number of hydrogen-bond donors (Lipinski definition) is 1. The number of hydrogen-bond acceptors (Lipinski definition) is 4. The summed E-state index contributed by atoms with van der Waals surface area (Å²) in [7, 11) is 0. The molecule has 5 heteroatoms. The molecule has 3 heterocycles. The topological polar surface area (TPSA) is 63.3 Å². The maximum Gasteiger partial charge on any atom is 0.164 e. The van der Waals surface area contributed by atoms with Gasteiger partial charge in [-0.15, -0.1) is 0 Å². The van der Waals surface area contributed by atoms with Crippen molar-refractivity contribution in [2.24, 2.45) is 5.92 Å². The fraction of sp³-hybridized carbons (Fsp3) is 0.345. The first-order valence-corrected chi connectivity index (χ1v) is 12.4. The predicted molar refractivity (Wildman–Crippen MR) is 134 cm³/mol. The maximum absolute atomic E-state index is 10.2. The molecule has 0 radical (unpaired) electrons. The van der Waals surface area contributed by atoms with Crippen molar-refractivity contribution in [3.05, 3.63) is 83.9 Å². The van der Waals surface area contributed by atoms with E-state index in [0.29, 0.717) is 11.8 Å². The lowest BCUT2D eigenvalue weighted by molar-refractivity contribution is -0.0441. The van der Waals surface area contributed by atoms with Crippen LogP contribution in [0.1, 0.15) is 62.3 Å². The third kappa shape index (κ3) is 3.38. The Morgan fingerprint density at radius 2 is 1.88 bits per heavy atom. The Morgan fingerprint density at radius 1 is 1.06 bits per heavy atom. The van der Waals surface area contributed by atoms with E-state index in [0.717, 1.165) is 52.9 Å². The average Bonchev–Trinajstić information content (AvgIpc) is 3.60. The minimum absolute atomic E-state index is 0.200. The van der Waals surface area contributed by atoms with Crippen LogP contribution < -0.4 is 0 Å². The van der Waals surface area contributed by atoms with E-state index in [4.69, 9.17) is 15.1 Å². The molecule has 34 heavy (non-hydrogen) atoms. The average molecular weight is 449 g/mol. The minimum atomic E-state index is -0.501. The smallest absolute Gasteiger partial charge is 0.164 e. The summed E-state index contributed by atoms with van der Waals surface area (Å²) < 4.78 is 1.94. The van der Waals surface area contributed by atoms with E-state index in [1.807, 2.05) is 17.6 Å². The summed E-state index contributed by atoms with van der Waals surface area (Å²) in [5, 5.41) is 16.1. The van der Waals surface area contributed by atoms with Crippen LogP contribution in [0, 0.1) is 5.92 Å². The molecule has 0 bridgehead atoms. The summed E-state index contributed by atoms with van der Waals surface area (Å²) in [6, 6.07) is 14.9. The van der Waals surface area contributed by atoms with Gasteiger partial charge in [0.05, 0.1) is 17.0 Å². The van der Waals surface area contributed by atoms with E-state index >= 15 is 0 Å². The van der Waals surface area contributed by atoms with E-state index in [9.17, 15) is 5.11 Å². The zero-order valence-corrected chi connectivity index (χ0v) is 19.4. The number of aromatic nitrogens is 4. The quantitative estimate of drug-likeness (QED) is 0.419. The summed E-state index contributed by atoms with van der Waals surface area (Å²) in [5.74, 6) is 1.25. The highest BCUT2D eigenvalue weighted by Gasteiger charge is 2.40. The van der Waals surface area contributed by atoms with Crippen LogP contribution in [0.15, 0.2) is 72.5 Å². The molecule has 1 aromatic carbocycles. The number of pyridine rings is 1. The second-order valence-electron chi connectivity index (χ2n) is 10.6. The Kier molecular flexibility index (Phi) is 4.34. The van der Waals surface area contributed by atoms with Crippen molar-refractivity contribution in [3.63, 3.8) is 0 Å². The van der Waals surface area contributed by atoms with Crippen LogP contribution in [0.3, 0.4) is 0 Å². The van der Waals surface area contributed by atoms with Gasteiger partial charge < -0.3 is 5.11 Å². The molecule has 170 valence electrons. The highest BCUT2D eigenvalue weighted by atomic mass is 16.3. The van der Waals surface area contributed by atoms with Crippen LogP contribution in [0.2, 0.25) is 0 Å². The third-order valence-corrected chi connectivity index (χ3v) is 7.71. The molecule has 1 N–H and O–H groups in total. The molecule has 7 rings (SSSR count). The number of fused-ring (bicyclic) bond motifs is 3. The Morgan fingerprint density at radius 3 is 2.59 bits per heavy atom. The predicted octanol–water partition coefficient (Wildman–Crippen LogP) is 5.95. The van der Waals surface area contributed by atoms with Gasteiger partial charge >= 0.3 is 0 Å². The first-order chi connectivity index (χ1) is 16.5. The molecule has 2 fully saturated rings. The van der Waals surface area contributed by atoms with Crippen LogP contribution in [-0.2, 0) is 0 Å². The molecule has 0 amide bonds. The standard InChI is InChI=1S/C29H28N4O/c1-29(34)15-23(16-29)18-7-11-21(12-8-18)27-24(19-5-3-2-4-6-19)13-22-17-30-26-14-25(20-9-10-20)32-33(26)28(22)31-27/h2-8,11,13-14,17,20-21,23,34H,9-10,12,15-16H2,1H3. The van der Waals surface area contributed by atoms with Gasteiger partial charge in [0.15, 0.2) is 11.3 Å². The molecular formula is C29H28N4O. The molecule has 0 aliphatic heterocycles. The van der Waals surface area contributed by atoms with Crippen LogP contribution >= 0.6 is 0 Å². The van der Waals surface area contributed by atoms with Gasteiger partial charge in [0.1, 0.15) is 0 Å². The summed E-state index contributed by atoms with van der Waals surface area (Å²) in [5.41, 5.74) is 7.16. The van der Waals surface area contributed by atoms with E-state index in [1.54, 1.807) is 0 Å². The highest BCUT2D eigenvalue weighted by Crippen LogP contribution is 2.45. The largest absolute Gasteiger partial charge is 0.390 e. The van der Waals surface area contributed by atoms with Crippen LogP contribution in [-0.4, -0.2) is 30.3 Å². The zero-order valence-electron chi connectivity index (χ0n) is 19.4. The second kappa shape index (κ2) is 7.34. The van der Waals surface area contributed by atoms with Crippen molar-refractivity contribution in [2.45, 2.75) is 56.5 Å². The Balaban J connectivity index is 1.33. The van der Waals surface area contributed by atoms with Crippen molar-refractivity contribution in [2.75, 3.05) is 0 Å². The first kappa shape index (κ1) is 20.1. The fourth-order valence-corrected chi connectivity index (χ4v) is 5.66. The molecule has 3 aliphatic rings. The van der Waals surface area contributed by atoms with Crippen molar-refractivity contribution in [3.8, 4) is 11.1 Å². The van der Waals surface area contributed by atoms with Gasteiger partial charge in [-0.05, 0) is 62.1 Å². The normalized spacial score (nSPS) is 26.6. The highest BCUT2D eigenvalue weighted by molar-refractivity contribution is 5.84. The van der Waals surface area contributed by atoms with Crippen LogP contribution in [0.4, 0.5) is 0 Å². The molecule has 3 aromatic heterocycles. The number of nitrogens with zero attached hydrogens (tertiary/aromatic N) is 4. The van der Waals surface area contributed by atoms with Crippen molar-refractivity contribution in [1.82, 2.24) is 19.6 Å². The lowest BCUT2D eigenvalue weighted by atomic mass is 9.67. The van der Waals surface area contributed by atoms with Gasteiger partial charge in [0.2, 0.25) is 0 Å². The SMILES string of the molecule is CC1(O)CC(C2=CCC(c3nc4c(cnc5cc(C6CC6)nn54)cc3-c3ccccc3)C=C2)C1. The molecule has 5 nitrogen and oxygen atoms in total. The zero-order chi connectivity index (χ0) is 22.9. The molecule has 0 spiro atoms. The molecule has 1 unspecified atom stereocenters. The van der Waals surface area contributed by atoms with Gasteiger partial charge in [-0.1, -0.05) is 48.6 Å². The van der Waals surface area contributed by atoms with Crippen molar-refractivity contribution in [1.29, 1.82) is 0 Å². The van der Waals surface area contributed by atoms with E-state index in [1.165, 1.54) is 24.0 Å². The van der Waals surface area contributed by atoms with Gasteiger partial charge in [0, 0.05) is 35.0 Å². The fourth-order valence-electron chi connectivity index (χ4n) is 5.66. The van der Waals surface area contributed by atoms with E-state index in [2.05, 4.69) is 60.7 Å². The Bertz CT molecular complexity index is 1470. The Labute approximate surface area is 198 Å². The van der Waals surface area contributed by atoms with Crippen LogP contribution in [0.5, 0.6) is 0 Å². The van der Waals surface area contributed by atoms with Crippen molar-refractivity contribution < 1.29 is 5.11 Å². The van der Waals surface area contributed by atoms with Crippen LogP contribution in [0.25, 0.3) is 27.8 Å². The van der Waals surface area contributed by atoms with Gasteiger partial charge in [-0.2, -0.15) is 9.61 Å². The molecule has 3 aliphatic carbocycles. The molecule has 1 atom stereocenters. The molecular weight excluding hydrogens is 420 g/mol. The number of rotatable bonds is 4. The number of benzene rings is 1. The number of allylic oxidation sites excluding steroid dienone is 4. The van der Waals surface area contributed by atoms with Gasteiger partial charge in [-0.25, -0.2) is 9.97 Å². The van der Waals surface area contributed by atoms with E-state index < -0.39 is 5.60 Å². The number of aliphatic hydroxyl groups is 1. The molecule has 2 saturated carbocycles. The second-order valence-corrected chi connectivity index (χ2v) is 10.6. The summed E-state index contributed by atoms with van der Waals surface area (Å²) in [4.78, 5) is 9.95. The summed E-state index contributed by atoms with van der Waals surface area (Å²) >= 11 is 0. The lowest BCUT2D eigenvalue weighted by Crippen LogP contribution is -2.41.